The van der Waals surface area contributed by atoms with Crippen LogP contribution in [0.25, 0.3) is 5.65 Å². The Balaban J connectivity index is 1.51. The first-order valence-electron chi connectivity index (χ1n) is 10.7. The fourth-order valence-corrected chi connectivity index (χ4v) is 3.93. The number of rotatable bonds is 5. The number of carbonyl (C=O) groups is 1. The van der Waals surface area contributed by atoms with Gasteiger partial charge >= 0.3 is 6.61 Å². The van der Waals surface area contributed by atoms with E-state index in [1.807, 2.05) is 20.8 Å². The van der Waals surface area contributed by atoms with E-state index < -0.39 is 18.1 Å². The highest BCUT2D eigenvalue weighted by atomic mass is 19.3. The van der Waals surface area contributed by atoms with Crippen LogP contribution in [0.15, 0.2) is 53.6 Å². The van der Waals surface area contributed by atoms with E-state index in [0.29, 0.717) is 35.0 Å². The molecule has 0 spiro atoms. The van der Waals surface area contributed by atoms with Crippen LogP contribution in [0.4, 0.5) is 14.5 Å². The predicted molar refractivity (Wildman–Crippen MR) is 121 cm³/mol. The van der Waals surface area contributed by atoms with E-state index >= 15 is 0 Å². The summed E-state index contributed by atoms with van der Waals surface area (Å²) in [6.07, 6.45) is 6.40. The van der Waals surface area contributed by atoms with Crippen LogP contribution in [0.1, 0.15) is 36.7 Å². The first-order chi connectivity index (χ1) is 16.2. The zero-order valence-corrected chi connectivity index (χ0v) is 18.7. The summed E-state index contributed by atoms with van der Waals surface area (Å²) in [6.45, 7) is 3.11. The molecule has 2 N–H and O–H groups in total. The minimum atomic E-state index is -3.04. The van der Waals surface area contributed by atoms with Crippen LogP contribution in [-0.2, 0) is 0 Å². The van der Waals surface area contributed by atoms with Gasteiger partial charge < -0.3 is 20.1 Å². The van der Waals surface area contributed by atoms with Crippen molar-refractivity contribution in [2.75, 3.05) is 11.9 Å². The maximum absolute atomic E-state index is 13.2. The molecular formula is C23H22F2N6O3. The lowest BCUT2D eigenvalue weighted by molar-refractivity contribution is -0.0500. The molecule has 0 aliphatic carbocycles. The Hall–Kier alpha value is -4.02. The molecule has 1 atom stereocenters. The number of aromatic nitrogens is 3. The standard InChI is InChI=1S/C23H22F2N6O3/c1-12-7-16(30-21(32)14-10-28-31-6-4-5-26-20(14)31)19(29-12)13-8-18-15(9-17(13)33-22(24)25)27-11-23(2,3)34-18/h4-10,12,22,27H,11H2,1-3H3,(H,30,32). The van der Waals surface area contributed by atoms with Crippen molar-refractivity contribution in [3.63, 3.8) is 0 Å². The first kappa shape index (κ1) is 21.8. The Morgan fingerprint density at radius 1 is 1.38 bits per heavy atom. The van der Waals surface area contributed by atoms with Crippen LogP contribution in [0.5, 0.6) is 11.5 Å². The molecule has 3 aromatic rings. The lowest BCUT2D eigenvalue weighted by Gasteiger charge is -2.34. The number of hydrogen-bond donors (Lipinski definition) is 2. The number of hydrogen-bond acceptors (Lipinski definition) is 7. The van der Waals surface area contributed by atoms with Gasteiger partial charge in [-0.3, -0.25) is 9.79 Å². The number of halogens is 2. The molecule has 11 heteroatoms. The van der Waals surface area contributed by atoms with E-state index in [2.05, 4.69) is 25.7 Å². The van der Waals surface area contributed by atoms with Gasteiger partial charge in [0.15, 0.2) is 5.65 Å². The predicted octanol–water partition coefficient (Wildman–Crippen LogP) is 3.42. The molecule has 34 heavy (non-hydrogen) atoms. The van der Waals surface area contributed by atoms with Gasteiger partial charge in [-0.05, 0) is 39.0 Å². The molecule has 1 unspecified atom stereocenters. The summed E-state index contributed by atoms with van der Waals surface area (Å²) in [4.78, 5) is 21.8. The normalized spacial score (nSPS) is 18.6. The number of fused-ring (bicyclic) bond motifs is 2. The molecule has 2 aliphatic rings. The van der Waals surface area contributed by atoms with Crippen molar-refractivity contribution in [3.8, 4) is 11.5 Å². The van der Waals surface area contributed by atoms with Crippen LogP contribution in [0.2, 0.25) is 0 Å². The van der Waals surface area contributed by atoms with Crippen molar-refractivity contribution in [1.29, 1.82) is 0 Å². The first-order valence-corrected chi connectivity index (χ1v) is 10.7. The topological polar surface area (TPSA) is 102 Å². The number of amides is 1. The van der Waals surface area contributed by atoms with E-state index in [9.17, 15) is 13.6 Å². The second-order valence-electron chi connectivity index (χ2n) is 8.64. The third-order valence-electron chi connectivity index (χ3n) is 5.41. The quantitative estimate of drug-likeness (QED) is 0.595. The molecule has 1 aromatic carbocycles. The highest BCUT2D eigenvalue weighted by Gasteiger charge is 2.31. The molecule has 0 radical (unpaired) electrons. The monoisotopic (exact) mass is 468 g/mol. The van der Waals surface area contributed by atoms with E-state index in [-0.39, 0.29) is 22.9 Å². The Morgan fingerprint density at radius 3 is 3.00 bits per heavy atom. The van der Waals surface area contributed by atoms with Crippen molar-refractivity contribution in [2.24, 2.45) is 4.99 Å². The van der Waals surface area contributed by atoms with E-state index in [4.69, 9.17) is 9.47 Å². The van der Waals surface area contributed by atoms with Gasteiger partial charge in [-0.25, -0.2) is 9.50 Å². The number of benzene rings is 1. The third kappa shape index (κ3) is 4.04. The maximum atomic E-state index is 13.2. The number of aliphatic imine (C=N–C) groups is 1. The molecule has 2 aliphatic heterocycles. The van der Waals surface area contributed by atoms with Crippen molar-refractivity contribution >= 4 is 23.0 Å². The van der Waals surface area contributed by atoms with Gasteiger partial charge in [0, 0.05) is 24.0 Å². The van der Waals surface area contributed by atoms with Crippen LogP contribution in [0, 0.1) is 0 Å². The number of anilines is 1. The number of ether oxygens (including phenoxy) is 2. The van der Waals surface area contributed by atoms with Crippen LogP contribution in [-0.4, -0.2) is 51.0 Å². The van der Waals surface area contributed by atoms with Crippen LogP contribution in [0.3, 0.4) is 0 Å². The SMILES string of the molecule is CC1C=C(NC(=O)c2cnn3cccnc23)C(c2cc3c(cc2OC(F)F)NCC(C)(C)O3)=N1. The summed E-state index contributed by atoms with van der Waals surface area (Å²) < 4.78 is 38.8. The van der Waals surface area contributed by atoms with E-state index in [0.717, 1.165) is 0 Å². The lowest BCUT2D eigenvalue weighted by Crippen LogP contribution is -2.40. The smallest absolute Gasteiger partial charge is 0.387 e. The zero-order chi connectivity index (χ0) is 24.0. The number of nitrogens with one attached hydrogen (secondary N) is 2. The second-order valence-corrected chi connectivity index (χ2v) is 8.64. The number of nitrogens with zero attached hydrogens (tertiary/aromatic N) is 4. The van der Waals surface area contributed by atoms with Crippen molar-refractivity contribution in [2.45, 2.75) is 39.0 Å². The fraction of sp³-hybridized carbons (Fsp3) is 0.304. The van der Waals surface area contributed by atoms with Gasteiger partial charge in [-0.1, -0.05) is 0 Å². The molecule has 176 valence electrons. The van der Waals surface area contributed by atoms with Crippen molar-refractivity contribution < 1.29 is 23.0 Å². The van der Waals surface area contributed by atoms with Crippen molar-refractivity contribution in [1.82, 2.24) is 19.9 Å². The molecular weight excluding hydrogens is 446 g/mol. The molecule has 0 saturated heterocycles. The largest absolute Gasteiger partial charge is 0.484 e. The van der Waals surface area contributed by atoms with E-state index in [1.54, 1.807) is 30.6 Å². The summed E-state index contributed by atoms with van der Waals surface area (Å²) in [7, 11) is 0. The minimum absolute atomic E-state index is 0.0739. The number of carbonyl (C=O) groups excluding carboxylic acids is 1. The van der Waals surface area contributed by atoms with Gasteiger partial charge in [0.1, 0.15) is 22.7 Å². The average Bonchev–Trinajstić information content (AvgIpc) is 3.36. The Kier molecular flexibility index (Phi) is 5.18. The van der Waals surface area contributed by atoms with E-state index in [1.165, 1.54) is 16.8 Å². The number of alkyl halides is 2. The van der Waals surface area contributed by atoms with Gasteiger partial charge in [0.05, 0.1) is 35.9 Å². The third-order valence-corrected chi connectivity index (χ3v) is 5.41. The Bertz CT molecular complexity index is 1350. The summed E-state index contributed by atoms with van der Waals surface area (Å²) in [6, 6.07) is 4.48. The minimum Gasteiger partial charge on any atom is -0.484 e. The molecule has 5 rings (SSSR count). The molecule has 2 aromatic heterocycles. The fourth-order valence-electron chi connectivity index (χ4n) is 3.93. The molecule has 0 fully saturated rings. The maximum Gasteiger partial charge on any atom is 0.387 e. The lowest BCUT2D eigenvalue weighted by atomic mass is 10.0. The summed E-state index contributed by atoms with van der Waals surface area (Å²) in [5, 5.41) is 10.1. The molecule has 9 nitrogen and oxygen atoms in total. The Labute approximate surface area is 193 Å². The summed E-state index contributed by atoms with van der Waals surface area (Å²) in [5.74, 6) is -0.0436. The zero-order valence-electron chi connectivity index (χ0n) is 18.7. The second kappa shape index (κ2) is 8.08. The summed E-state index contributed by atoms with van der Waals surface area (Å²) >= 11 is 0. The van der Waals surface area contributed by atoms with Gasteiger partial charge in [-0.2, -0.15) is 13.9 Å². The van der Waals surface area contributed by atoms with Gasteiger partial charge in [0.25, 0.3) is 5.91 Å². The summed E-state index contributed by atoms with van der Waals surface area (Å²) in [5.41, 5.74) is 1.67. The molecule has 0 saturated carbocycles. The van der Waals surface area contributed by atoms with Crippen molar-refractivity contribution in [3.05, 3.63) is 59.7 Å². The highest BCUT2D eigenvalue weighted by Crippen LogP contribution is 2.40. The Morgan fingerprint density at radius 2 is 2.21 bits per heavy atom. The molecule has 4 heterocycles. The molecule has 0 bridgehead atoms. The van der Waals surface area contributed by atoms with Crippen LogP contribution < -0.4 is 20.1 Å². The van der Waals surface area contributed by atoms with Gasteiger partial charge in [0.2, 0.25) is 0 Å². The highest BCUT2D eigenvalue weighted by molar-refractivity contribution is 6.18. The molecule has 1 amide bonds. The van der Waals surface area contributed by atoms with Crippen LogP contribution >= 0.6 is 0 Å². The van der Waals surface area contributed by atoms with Gasteiger partial charge in [-0.15, -0.1) is 0 Å². The number of allylic oxidation sites excluding steroid dienone is 1. The average molecular weight is 468 g/mol.